The van der Waals surface area contributed by atoms with E-state index in [0.717, 1.165) is 25.9 Å². The van der Waals surface area contributed by atoms with Crippen molar-refractivity contribution < 1.29 is 9.53 Å². The summed E-state index contributed by atoms with van der Waals surface area (Å²) in [7, 11) is -2.40. The lowest BCUT2D eigenvalue weighted by molar-refractivity contribution is 0.0747. The smallest absolute Gasteiger partial charge is 0.261 e. The van der Waals surface area contributed by atoms with Gasteiger partial charge < -0.3 is 9.53 Å². The predicted octanol–water partition coefficient (Wildman–Crippen LogP) is 6.45. The van der Waals surface area contributed by atoms with E-state index in [1.165, 1.54) is 55.3 Å². The molecular weight excluding hydrogens is 408 g/mol. The van der Waals surface area contributed by atoms with Gasteiger partial charge in [0.2, 0.25) is 0 Å². The Kier molecular flexibility index (Phi) is 9.57. The number of unbranched alkanes of at least 4 members (excludes halogenated alkanes) is 3. The van der Waals surface area contributed by atoms with E-state index in [9.17, 15) is 5.11 Å². The molecule has 0 saturated heterocycles. The lowest BCUT2D eigenvalue weighted by atomic mass is 9.83. The molecule has 1 aliphatic carbocycles. The first kappa shape index (κ1) is 25.2. The van der Waals surface area contributed by atoms with Gasteiger partial charge >= 0.3 is 0 Å². The van der Waals surface area contributed by atoms with Gasteiger partial charge in [0, 0.05) is 6.61 Å². The minimum absolute atomic E-state index is 0.0415. The Hall–Kier alpha value is -1.42. The molecule has 0 bridgehead atoms. The molecule has 0 aliphatic heterocycles. The molecule has 1 fully saturated rings. The quantitative estimate of drug-likeness (QED) is 0.313. The van der Waals surface area contributed by atoms with Crippen molar-refractivity contribution in [2.75, 3.05) is 6.61 Å². The summed E-state index contributed by atoms with van der Waals surface area (Å²) in [6, 6.07) is 21.8. The van der Waals surface area contributed by atoms with Gasteiger partial charge in [-0.05, 0) is 47.0 Å². The molecule has 32 heavy (non-hydrogen) atoms. The first-order valence-corrected chi connectivity index (χ1v) is 14.8. The Labute approximate surface area is 197 Å². The van der Waals surface area contributed by atoms with Crippen LogP contribution in [0, 0.1) is 5.92 Å². The molecule has 176 valence electrons. The summed E-state index contributed by atoms with van der Waals surface area (Å²) in [5, 5.41) is 13.3. The Balaban J connectivity index is 1.56. The molecule has 0 spiro atoms. The second kappa shape index (κ2) is 12.2. The fourth-order valence-electron chi connectivity index (χ4n) is 5.55. The number of hydrogen-bond acceptors (Lipinski definition) is 2. The third-order valence-electron chi connectivity index (χ3n) is 7.32. The van der Waals surface area contributed by atoms with E-state index in [1.54, 1.807) is 0 Å². The topological polar surface area (TPSA) is 29.5 Å². The van der Waals surface area contributed by atoms with Crippen LogP contribution in [0.4, 0.5) is 0 Å². The van der Waals surface area contributed by atoms with Crippen LogP contribution in [0.1, 0.15) is 85.0 Å². The molecule has 1 N–H and O–H groups in total. The lowest BCUT2D eigenvalue weighted by Gasteiger charge is -2.43. The van der Waals surface area contributed by atoms with Crippen LogP contribution in [0.25, 0.3) is 0 Å². The zero-order valence-corrected chi connectivity index (χ0v) is 21.6. The summed E-state index contributed by atoms with van der Waals surface area (Å²) < 4.78 is 6.98. The third-order valence-corrected chi connectivity index (χ3v) is 12.4. The molecular formula is C29H44O2Si. The van der Waals surface area contributed by atoms with Gasteiger partial charge in [-0.3, -0.25) is 0 Å². The van der Waals surface area contributed by atoms with Crippen molar-refractivity contribution in [1.82, 2.24) is 0 Å². The van der Waals surface area contributed by atoms with Crippen LogP contribution < -0.4 is 10.4 Å². The van der Waals surface area contributed by atoms with Gasteiger partial charge in [0.1, 0.15) is 0 Å². The van der Waals surface area contributed by atoms with Crippen molar-refractivity contribution in [2.45, 2.75) is 96.1 Å². The maximum Gasteiger partial charge on any atom is 0.261 e. The minimum Gasteiger partial charge on any atom is -0.407 e. The van der Waals surface area contributed by atoms with E-state index < -0.39 is 8.32 Å². The van der Waals surface area contributed by atoms with Gasteiger partial charge in [-0.25, -0.2) is 0 Å². The zero-order chi connectivity index (χ0) is 22.9. The number of hydrogen-bond donors (Lipinski definition) is 1. The van der Waals surface area contributed by atoms with Crippen molar-refractivity contribution in [3.05, 3.63) is 60.7 Å². The summed E-state index contributed by atoms with van der Waals surface area (Å²) in [6.07, 6.45) is 11.9. The summed E-state index contributed by atoms with van der Waals surface area (Å²) in [5.41, 5.74) is 0. The molecule has 0 heterocycles. The molecule has 0 amide bonds. The second-order valence-electron chi connectivity index (χ2n) is 10.7. The fourth-order valence-corrected chi connectivity index (χ4v) is 10.2. The summed E-state index contributed by atoms with van der Waals surface area (Å²) in [6.45, 7) is 7.82. The van der Waals surface area contributed by atoms with Gasteiger partial charge in [0.05, 0.1) is 6.10 Å². The highest BCUT2D eigenvalue weighted by atomic mass is 28.4. The molecule has 0 unspecified atom stereocenters. The average molecular weight is 453 g/mol. The highest BCUT2D eigenvalue weighted by molar-refractivity contribution is 6.99. The van der Waals surface area contributed by atoms with Gasteiger partial charge in [-0.2, -0.15) is 0 Å². The second-order valence-corrected chi connectivity index (χ2v) is 15.0. The highest BCUT2D eigenvalue weighted by Crippen LogP contribution is 2.37. The molecule has 1 atom stereocenters. The largest absolute Gasteiger partial charge is 0.407 e. The Morgan fingerprint density at radius 1 is 0.812 bits per heavy atom. The molecule has 1 saturated carbocycles. The van der Waals surface area contributed by atoms with Crippen molar-refractivity contribution >= 4 is 18.7 Å². The van der Waals surface area contributed by atoms with Crippen LogP contribution in [0.3, 0.4) is 0 Å². The first-order valence-electron chi connectivity index (χ1n) is 12.9. The number of benzene rings is 2. The van der Waals surface area contributed by atoms with Crippen molar-refractivity contribution in [3.8, 4) is 0 Å². The summed E-state index contributed by atoms with van der Waals surface area (Å²) in [4.78, 5) is 0. The average Bonchev–Trinajstić information content (AvgIpc) is 2.81. The van der Waals surface area contributed by atoms with E-state index in [0.29, 0.717) is 5.92 Å². The highest BCUT2D eigenvalue weighted by Gasteiger charge is 2.49. The monoisotopic (exact) mass is 452 g/mol. The van der Waals surface area contributed by atoms with E-state index in [1.807, 2.05) is 0 Å². The lowest BCUT2D eigenvalue weighted by Crippen LogP contribution is -2.66. The number of aliphatic hydroxyl groups excluding tert-OH is 1. The molecule has 0 aromatic heterocycles. The Morgan fingerprint density at radius 2 is 1.34 bits per heavy atom. The number of rotatable bonds is 11. The van der Waals surface area contributed by atoms with Crippen LogP contribution in [-0.2, 0) is 4.43 Å². The molecule has 2 aromatic carbocycles. The molecule has 0 radical (unpaired) electrons. The Bertz CT molecular complexity index is 723. The van der Waals surface area contributed by atoms with Crippen LogP contribution in [-0.4, -0.2) is 26.1 Å². The summed E-state index contributed by atoms with van der Waals surface area (Å²) >= 11 is 0. The summed E-state index contributed by atoms with van der Waals surface area (Å²) in [5.74, 6) is 0.558. The molecule has 3 rings (SSSR count). The maximum atomic E-state index is 10.5. The van der Waals surface area contributed by atoms with Gasteiger partial charge in [-0.15, -0.1) is 0 Å². The van der Waals surface area contributed by atoms with Gasteiger partial charge in [0.15, 0.2) is 0 Å². The zero-order valence-electron chi connectivity index (χ0n) is 20.6. The van der Waals surface area contributed by atoms with E-state index in [2.05, 4.69) is 81.4 Å². The van der Waals surface area contributed by atoms with Crippen molar-refractivity contribution in [3.63, 3.8) is 0 Å². The first-order chi connectivity index (χ1) is 15.4. The third kappa shape index (κ3) is 6.33. The normalized spacial score (nSPS) is 16.8. The maximum absolute atomic E-state index is 10.5. The van der Waals surface area contributed by atoms with Crippen LogP contribution in [0.15, 0.2) is 60.7 Å². The Morgan fingerprint density at radius 3 is 1.88 bits per heavy atom. The van der Waals surface area contributed by atoms with Crippen LogP contribution in [0.5, 0.6) is 0 Å². The van der Waals surface area contributed by atoms with Crippen molar-refractivity contribution in [2.24, 2.45) is 5.92 Å². The standard InChI is InChI=1S/C29H44O2Si/c1-29(2,3)32(26-19-11-7-12-20-26,27-21-13-8-14-22-27)31-24-16-5-4-15-23-28(30)25-17-9-6-10-18-25/h7-8,11-14,19-22,25,28,30H,4-6,9-10,15-18,23-24H2,1-3H3/t28-/m0/s1. The number of aliphatic hydroxyl groups is 1. The minimum atomic E-state index is -2.40. The fraction of sp³-hybridized carbons (Fsp3) is 0.586. The van der Waals surface area contributed by atoms with Crippen LogP contribution in [0.2, 0.25) is 5.04 Å². The van der Waals surface area contributed by atoms with Gasteiger partial charge in [-0.1, -0.05) is 120 Å². The van der Waals surface area contributed by atoms with E-state index >= 15 is 0 Å². The molecule has 2 nitrogen and oxygen atoms in total. The predicted molar refractivity (Wildman–Crippen MR) is 139 cm³/mol. The van der Waals surface area contributed by atoms with Crippen molar-refractivity contribution in [1.29, 1.82) is 0 Å². The molecule has 3 heteroatoms. The van der Waals surface area contributed by atoms with Gasteiger partial charge in [0.25, 0.3) is 8.32 Å². The van der Waals surface area contributed by atoms with E-state index in [4.69, 9.17) is 4.43 Å². The van der Waals surface area contributed by atoms with Crippen LogP contribution >= 0.6 is 0 Å². The SMILES string of the molecule is CC(C)(C)[Si](OCCCCCC[C@H](O)C1CCCCC1)(c1ccccc1)c1ccccc1. The molecule has 1 aliphatic rings. The molecule has 2 aromatic rings. The van der Waals surface area contributed by atoms with E-state index in [-0.39, 0.29) is 11.1 Å².